The molecule has 0 aliphatic heterocycles. The second kappa shape index (κ2) is 6.78. The Morgan fingerprint density at radius 3 is 2.68 bits per heavy atom. The summed E-state index contributed by atoms with van der Waals surface area (Å²) in [4.78, 5) is 23.5. The number of ether oxygens (including phenoxy) is 2. The summed E-state index contributed by atoms with van der Waals surface area (Å²) in [7, 11) is 1.78. The van der Waals surface area contributed by atoms with Crippen molar-refractivity contribution in [3.63, 3.8) is 0 Å². The molecule has 0 aliphatic rings. The van der Waals surface area contributed by atoms with Crippen molar-refractivity contribution in [1.29, 1.82) is 0 Å². The zero-order valence-electron chi connectivity index (χ0n) is 11.6. The lowest BCUT2D eigenvalue weighted by Gasteiger charge is -2.07. The topological polar surface area (TPSA) is 57.5 Å². The average molecular weight is 265 g/mol. The molecule has 1 aromatic rings. The molecule has 1 rings (SSSR count). The first-order valence-corrected chi connectivity index (χ1v) is 6.09. The summed E-state index contributed by atoms with van der Waals surface area (Å²) in [6.07, 6.45) is 3.33. The molecule has 0 aliphatic carbocycles. The molecular weight excluding hydrogens is 246 g/mol. The molecule has 104 valence electrons. The van der Waals surface area contributed by atoms with Crippen LogP contribution in [0.1, 0.15) is 28.5 Å². The average Bonchev–Trinajstić information content (AvgIpc) is 2.62. The minimum atomic E-state index is -0.410. The Morgan fingerprint density at radius 2 is 2.11 bits per heavy atom. The summed E-state index contributed by atoms with van der Waals surface area (Å²) >= 11 is 0. The van der Waals surface area contributed by atoms with Gasteiger partial charge in [-0.3, -0.25) is 4.79 Å². The zero-order valence-corrected chi connectivity index (χ0v) is 11.6. The molecule has 0 spiro atoms. The van der Waals surface area contributed by atoms with Crippen LogP contribution in [0.3, 0.4) is 0 Å². The second-order valence-electron chi connectivity index (χ2n) is 4.11. The molecule has 0 saturated heterocycles. The first-order chi connectivity index (χ1) is 9.01. The number of nitrogens with zero attached hydrogens (tertiary/aromatic N) is 1. The summed E-state index contributed by atoms with van der Waals surface area (Å²) < 4.78 is 11.7. The molecule has 0 fully saturated rings. The maximum atomic E-state index is 11.9. The maximum Gasteiger partial charge on any atom is 0.340 e. The van der Waals surface area contributed by atoms with E-state index in [4.69, 9.17) is 9.47 Å². The Balaban J connectivity index is 2.96. The largest absolute Gasteiger partial charge is 0.462 e. The van der Waals surface area contributed by atoms with E-state index in [1.54, 1.807) is 24.7 Å². The van der Waals surface area contributed by atoms with Crippen molar-refractivity contribution in [2.24, 2.45) is 7.05 Å². The van der Waals surface area contributed by atoms with E-state index >= 15 is 0 Å². The maximum absolute atomic E-state index is 11.9. The third-order valence-corrected chi connectivity index (χ3v) is 2.65. The lowest BCUT2D eigenvalue weighted by molar-refractivity contribution is -0.141. The number of carbonyl (C=O) groups is 2. The van der Waals surface area contributed by atoms with Gasteiger partial charge in [0.05, 0.1) is 18.6 Å². The molecule has 0 atom stereocenters. The lowest BCUT2D eigenvalue weighted by Crippen LogP contribution is -2.15. The molecule has 0 bridgehead atoms. The van der Waals surface area contributed by atoms with Gasteiger partial charge in [-0.05, 0) is 19.4 Å². The molecule has 1 aromatic heterocycles. The Bertz CT molecular complexity index is 488. The first kappa shape index (κ1) is 15.0. The highest BCUT2D eigenvalue weighted by molar-refractivity contribution is 5.93. The lowest BCUT2D eigenvalue weighted by atomic mass is 10.1. The highest BCUT2D eigenvalue weighted by atomic mass is 16.5. The summed E-state index contributed by atoms with van der Waals surface area (Å²) in [5, 5.41) is 0. The van der Waals surface area contributed by atoms with Crippen LogP contribution in [0, 0.1) is 6.92 Å². The van der Waals surface area contributed by atoms with Crippen LogP contribution in [0.4, 0.5) is 0 Å². The van der Waals surface area contributed by atoms with Crippen molar-refractivity contribution in [2.75, 3.05) is 13.2 Å². The van der Waals surface area contributed by atoms with Gasteiger partial charge in [0.25, 0.3) is 0 Å². The number of hydrogen-bond acceptors (Lipinski definition) is 4. The fraction of sp³-hybridized carbons (Fsp3) is 0.429. The third kappa shape index (κ3) is 3.71. The molecule has 5 heteroatoms. The van der Waals surface area contributed by atoms with Crippen LogP contribution in [0.5, 0.6) is 0 Å². The van der Waals surface area contributed by atoms with Gasteiger partial charge in [0.2, 0.25) is 0 Å². The van der Waals surface area contributed by atoms with Gasteiger partial charge >= 0.3 is 11.9 Å². The smallest absolute Gasteiger partial charge is 0.340 e. The van der Waals surface area contributed by atoms with E-state index in [-0.39, 0.29) is 13.0 Å². The molecule has 0 aromatic carbocycles. The highest BCUT2D eigenvalue weighted by Crippen LogP contribution is 2.18. The molecule has 5 nitrogen and oxygen atoms in total. The summed E-state index contributed by atoms with van der Waals surface area (Å²) in [5.41, 5.74) is 1.83. The SMILES string of the molecule is C=CCOC(=O)Cc1c(C(=O)OCC)c(C)cn1C. The van der Waals surface area contributed by atoms with E-state index in [0.717, 1.165) is 5.56 Å². The van der Waals surface area contributed by atoms with Crippen molar-refractivity contribution in [2.45, 2.75) is 20.3 Å². The van der Waals surface area contributed by atoms with Crippen molar-refractivity contribution in [3.8, 4) is 0 Å². The summed E-state index contributed by atoms with van der Waals surface area (Å²) in [5.74, 6) is -0.807. The monoisotopic (exact) mass is 265 g/mol. The van der Waals surface area contributed by atoms with Crippen molar-refractivity contribution >= 4 is 11.9 Å². The fourth-order valence-electron chi connectivity index (χ4n) is 1.87. The number of hydrogen-bond donors (Lipinski definition) is 0. The molecule has 0 unspecified atom stereocenters. The first-order valence-electron chi connectivity index (χ1n) is 6.09. The molecule has 0 N–H and O–H groups in total. The van der Waals surface area contributed by atoms with E-state index in [1.165, 1.54) is 6.08 Å². The Kier molecular flexibility index (Phi) is 5.36. The van der Waals surface area contributed by atoms with Crippen LogP contribution in [-0.4, -0.2) is 29.7 Å². The fourth-order valence-corrected chi connectivity index (χ4v) is 1.87. The van der Waals surface area contributed by atoms with Gasteiger partial charge < -0.3 is 14.0 Å². The van der Waals surface area contributed by atoms with E-state index in [9.17, 15) is 9.59 Å². The normalized spacial score (nSPS) is 10.1. The van der Waals surface area contributed by atoms with Crippen molar-refractivity contribution in [3.05, 3.63) is 35.7 Å². The number of rotatable bonds is 6. The number of carbonyl (C=O) groups excluding carboxylic acids is 2. The summed E-state index contributed by atoms with van der Waals surface area (Å²) in [6, 6.07) is 0. The van der Waals surface area contributed by atoms with E-state index < -0.39 is 11.9 Å². The van der Waals surface area contributed by atoms with E-state index in [0.29, 0.717) is 17.9 Å². The number of esters is 2. The Hall–Kier alpha value is -2.04. The Morgan fingerprint density at radius 1 is 1.42 bits per heavy atom. The molecule has 1 heterocycles. The van der Waals surface area contributed by atoms with Crippen LogP contribution >= 0.6 is 0 Å². The molecular formula is C14H19NO4. The number of aromatic nitrogens is 1. The van der Waals surface area contributed by atoms with Crippen LogP contribution < -0.4 is 0 Å². The highest BCUT2D eigenvalue weighted by Gasteiger charge is 2.21. The summed E-state index contributed by atoms with van der Waals surface area (Å²) in [6.45, 7) is 7.49. The second-order valence-corrected chi connectivity index (χ2v) is 4.11. The van der Waals surface area contributed by atoms with Gasteiger partial charge in [0, 0.05) is 18.9 Å². The van der Waals surface area contributed by atoms with Crippen molar-refractivity contribution in [1.82, 2.24) is 4.57 Å². The zero-order chi connectivity index (χ0) is 14.4. The van der Waals surface area contributed by atoms with Gasteiger partial charge in [0.1, 0.15) is 6.61 Å². The molecule has 0 saturated carbocycles. The minimum Gasteiger partial charge on any atom is -0.462 e. The third-order valence-electron chi connectivity index (χ3n) is 2.65. The van der Waals surface area contributed by atoms with Gasteiger partial charge in [-0.25, -0.2) is 4.79 Å². The van der Waals surface area contributed by atoms with Gasteiger partial charge in [-0.2, -0.15) is 0 Å². The van der Waals surface area contributed by atoms with E-state index in [1.807, 2.05) is 6.92 Å². The van der Waals surface area contributed by atoms with Gasteiger partial charge in [-0.1, -0.05) is 12.7 Å². The van der Waals surface area contributed by atoms with Gasteiger partial charge in [-0.15, -0.1) is 0 Å². The van der Waals surface area contributed by atoms with Crippen LogP contribution in [0.25, 0.3) is 0 Å². The Labute approximate surface area is 112 Å². The quantitative estimate of drug-likeness (QED) is 0.581. The molecule has 0 radical (unpaired) electrons. The number of aryl methyl sites for hydroxylation is 2. The molecule has 19 heavy (non-hydrogen) atoms. The predicted molar refractivity (Wildman–Crippen MR) is 71.0 cm³/mol. The van der Waals surface area contributed by atoms with Crippen LogP contribution in [-0.2, 0) is 27.7 Å². The van der Waals surface area contributed by atoms with Crippen LogP contribution in [0.2, 0.25) is 0 Å². The molecule has 0 amide bonds. The van der Waals surface area contributed by atoms with E-state index in [2.05, 4.69) is 6.58 Å². The van der Waals surface area contributed by atoms with Crippen molar-refractivity contribution < 1.29 is 19.1 Å². The standard InChI is InChI=1S/C14H19NO4/c1-5-7-19-12(16)8-11-13(14(17)18-6-2)10(3)9-15(11)4/h5,9H,1,6-8H2,2-4H3. The predicted octanol–water partition coefficient (Wildman–Crippen LogP) is 1.78. The minimum absolute atomic E-state index is 0.0341. The van der Waals surface area contributed by atoms with Crippen LogP contribution in [0.15, 0.2) is 18.9 Å². The van der Waals surface area contributed by atoms with Gasteiger partial charge in [0.15, 0.2) is 0 Å².